The summed E-state index contributed by atoms with van der Waals surface area (Å²) in [5, 5.41) is 3.64. The number of hydrogen-bond acceptors (Lipinski definition) is 3. The summed E-state index contributed by atoms with van der Waals surface area (Å²) in [5.74, 6) is 0.909. The Morgan fingerprint density at radius 3 is 2.70 bits per heavy atom. The minimum absolute atomic E-state index is 0.378. The van der Waals surface area contributed by atoms with Gasteiger partial charge in [-0.1, -0.05) is 19.1 Å². The summed E-state index contributed by atoms with van der Waals surface area (Å²) in [6.07, 6.45) is 6.36. The lowest BCUT2D eigenvalue weighted by Crippen LogP contribution is -2.34. The average Bonchev–Trinajstić information content (AvgIpc) is 2.53. The van der Waals surface area contributed by atoms with Crippen LogP contribution in [0.4, 0.5) is 0 Å². The molecule has 110 valence electrons. The van der Waals surface area contributed by atoms with E-state index < -0.39 is 0 Å². The lowest BCUT2D eigenvalue weighted by Gasteiger charge is -2.24. The number of rotatable bonds is 7. The molecule has 3 nitrogen and oxygen atoms in total. The molecule has 0 bridgehead atoms. The Labute approximate surface area is 122 Å². The lowest BCUT2D eigenvalue weighted by molar-refractivity contribution is 0.219. The minimum Gasteiger partial charge on any atom is -0.501 e. The molecule has 0 spiro atoms. The molecule has 1 heterocycles. The highest BCUT2D eigenvalue weighted by molar-refractivity contribution is 5.29. The predicted octanol–water partition coefficient (Wildman–Crippen LogP) is 3.30. The largest absolute Gasteiger partial charge is 0.501 e. The number of methoxy groups -OCH3 is 1. The molecule has 1 aliphatic heterocycles. The van der Waals surface area contributed by atoms with E-state index in [0.29, 0.717) is 6.04 Å². The summed E-state index contributed by atoms with van der Waals surface area (Å²) in [7, 11) is 1.70. The van der Waals surface area contributed by atoms with Crippen LogP contribution in [-0.2, 0) is 11.2 Å². The second kappa shape index (κ2) is 7.95. The van der Waals surface area contributed by atoms with Gasteiger partial charge in [0.1, 0.15) is 5.75 Å². The van der Waals surface area contributed by atoms with Gasteiger partial charge < -0.3 is 14.8 Å². The molecule has 1 unspecified atom stereocenters. The molecular formula is C17H25NO2. The Morgan fingerprint density at radius 1 is 1.30 bits per heavy atom. The zero-order chi connectivity index (χ0) is 14.2. The number of hydrogen-bond donors (Lipinski definition) is 1. The molecule has 3 heteroatoms. The molecular weight excluding hydrogens is 250 g/mol. The van der Waals surface area contributed by atoms with E-state index in [0.717, 1.165) is 44.6 Å². The molecule has 1 atom stereocenters. The van der Waals surface area contributed by atoms with Crippen LogP contribution in [0.1, 0.15) is 31.7 Å². The highest BCUT2D eigenvalue weighted by Crippen LogP contribution is 2.20. The van der Waals surface area contributed by atoms with Gasteiger partial charge in [-0.25, -0.2) is 0 Å². The molecule has 1 N–H and O–H groups in total. The first-order chi connectivity index (χ1) is 9.83. The first-order valence-corrected chi connectivity index (χ1v) is 7.50. The van der Waals surface area contributed by atoms with Gasteiger partial charge in [-0.15, -0.1) is 0 Å². The summed E-state index contributed by atoms with van der Waals surface area (Å²) >= 11 is 0. The van der Waals surface area contributed by atoms with Crippen LogP contribution >= 0.6 is 0 Å². The molecule has 0 aromatic heterocycles. The molecule has 0 fully saturated rings. The average molecular weight is 275 g/mol. The fraction of sp³-hybridized carbons (Fsp3) is 0.529. The van der Waals surface area contributed by atoms with E-state index in [1.807, 2.05) is 18.4 Å². The molecule has 0 aliphatic carbocycles. The third-order valence-electron chi connectivity index (χ3n) is 3.65. The Morgan fingerprint density at radius 2 is 2.10 bits per heavy atom. The maximum absolute atomic E-state index is 5.50. The van der Waals surface area contributed by atoms with Crippen LogP contribution in [0.25, 0.3) is 0 Å². The third-order valence-corrected chi connectivity index (χ3v) is 3.65. The van der Waals surface area contributed by atoms with Crippen molar-refractivity contribution in [2.75, 3.05) is 20.3 Å². The fourth-order valence-electron chi connectivity index (χ4n) is 2.49. The monoisotopic (exact) mass is 275 g/mol. The van der Waals surface area contributed by atoms with Gasteiger partial charge in [-0.3, -0.25) is 0 Å². The Balaban J connectivity index is 2.03. The second-order valence-electron chi connectivity index (χ2n) is 5.23. The van der Waals surface area contributed by atoms with Crippen LogP contribution in [-0.4, -0.2) is 26.3 Å². The first kappa shape index (κ1) is 14.9. The van der Waals surface area contributed by atoms with Crippen molar-refractivity contribution in [2.24, 2.45) is 0 Å². The Hall–Kier alpha value is -1.48. The van der Waals surface area contributed by atoms with Crippen LogP contribution in [0.15, 0.2) is 36.1 Å². The van der Waals surface area contributed by atoms with Crippen LogP contribution in [0, 0.1) is 0 Å². The summed E-state index contributed by atoms with van der Waals surface area (Å²) in [6, 6.07) is 8.72. The van der Waals surface area contributed by atoms with Crippen LogP contribution in [0.2, 0.25) is 0 Å². The standard InChI is InChI=1S/C17H25NO2/c1-3-10-18-17(15-5-4-11-20-13-15)12-14-6-8-16(19-2)9-7-14/h6-9,13,17-18H,3-5,10-12H2,1-2H3. The zero-order valence-electron chi connectivity index (χ0n) is 12.5. The van der Waals surface area contributed by atoms with Gasteiger partial charge in [0.2, 0.25) is 0 Å². The Kier molecular flexibility index (Phi) is 5.93. The quantitative estimate of drug-likeness (QED) is 0.828. The normalized spacial score (nSPS) is 16.2. The van der Waals surface area contributed by atoms with Gasteiger partial charge in [0.05, 0.1) is 20.0 Å². The Bertz CT molecular complexity index is 425. The van der Waals surface area contributed by atoms with Crippen LogP contribution < -0.4 is 10.1 Å². The molecule has 20 heavy (non-hydrogen) atoms. The van der Waals surface area contributed by atoms with Crippen molar-refractivity contribution in [3.05, 3.63) is 41.7 Å². The summed E-state index contributed by atoms with van der Waals surface area (Å²) in [4.78, 5) is 0. The molecule has 0 radical (unpaired) electrons. The van der Waals surface area contributed by atoms with Crippen molar-refractivity contribution < 1.29 is 9.47 Å². The highest BCUT2D eigenvalue weighted by Gasteiger charge is 2.17. The zero-order valence-corrected chi connectivity index (χ0v) is 12.5. The summed E-state index contributed by atoms with van der Waals surface area (Å²) < 4.78 is 10.7. The van der Waals surface area contributed by atoms with E-state index in [-0.39, 0.29) is 0 Å². The highest BCUT2D eigenvalue weighted by atomic mass is 16.5. The van der Waals surface area contributed by atoms with Gasteiger partial charge >= 0.3 is 0 Å². The second-order valence-corrected chi connectivity index (χ2v) is 5.23. The molecule has 1 aliphatic rings. The molecule has 0 saturated heterocycles. The molecule has 0 amide bonds. The van der Waals surface area contributed by atoms with E-state index in [9.17, 15) is 0 Å². The van der Waals surface area contributed by atoms with Gasteiger partial charge in [-0.2, -0.15) is 0 Å². The summed E-state index contributed by atoms with van der Waals surface area (Å²) in [6.45, 7) is 4.09. The SMILES string of the molecule is CCCNC(Cc1ccc(OC)cc1)C1=COCCC1. The molecule has 1 aromatic rings. The fourth-order valence-corrected chi connectivity index (χ4v) is 2.49. The van der Waals surface area contributed by atoms with E-state index in [2.05, 4.69) is 24.4 Å². The number of nitrogens with one attached hydrogen (secondary N) is 1. The van der Waals surface area contributed by atoms with Crippen molar-refractivity contribution in [1.82, 2.24) is 5.32 Å². The maximum atomic E-state index is 5.50. The van der Waals surface area contributed by atoms with E-state index in [1.54, 1.807) is 7.11 Å². The maximum Gasteiger partial charge on any atom is 0.118 e. The minimum atomic E-state index is 0.378. The third kappa shape index (κ3) is 4.27. The summed E-state index contributed by atoms with van der Waals surface area (Å²) in [5.41, 5.74) is 2.71. The van der Waals surface area contributed by atoms with Crippen LogP contribution in [0.5, 0.6) is 5.75 Å². The van der Waals surface area contributed by atoms with Crippen molar-refractivity contribution in [3.63, 3.8) is 0 Å². The van der Waals surface area contributed by atoms with Crippen molar-refractivity contribution in [2.45, 2.75) is 38.6 Å². The van der Waals surface area contributed by atoms with E-state index >= 15 is 0 Å². The molecule has 2 rings (SSSR count). The van der Waals surface area contributed by atoms with Crippen molar-refractivity contribution in [3.8, 4) is 5.75 Å². The predicted molar refractivity (Wildman–Crippen MR) is 82.0 cm³/mol. The van der Waals surface area contributed by atoms with Gasteiger partial charge in [0.15, 0.2) is 0 Å². The van der Waals surface area contributed by atoms with Crippen molar-refractivity contribution in [1.29, 1.82) is 0 Å². The topological polar surface area (TPSA) is 30.5 Å². The van der Waals surface area contributed by atoms with Gasteiger partial charge in [-0.05, 0) is 55.5 Å². The van der Waals surface area contributed by atoms with Gasteiger partial charge in [0.25, 0.3) is 0 Å². The smallest absolute Gasteiger partial charge is 0.118 e. The molecule has 0 saturated carbocycles. The van der Waals surface area contributed by atoms with E-state index in [1.165, 1.54) is 11.1 Å². The number of ether oxygens (including phenoxy) is 2. The van der Waals surface area contributed by atoms with E-state index in [4.69, 9.17) is 9.47 Å². The number of benzene rings is 1. The van der Waals surface area contributed by atoms with Gasteiger partial charge in [0, 0.05) is 6.04 Å². The lowest BCUT2D eigenvalue weighted by atomic mass is 9.95. The van der Waals surface area contributed by atoms with Crippen molar-refractivity contribution >= 4 is 0 Å². The molecule has 1 aromatic carbocycles. The van der Waals surface area contributed by atoms with Crippen LogP contribution in [0.3, 0.4) is 0 Å². The first-order valence-electron chi connectivity index (χ1n) is 7.50.